The third kappa shape index (κ3) is 6.49. The van der Waals surface area contributed by atoms with Gasteiger partial charge in [0.25, 0.3) is 5.91 Å². The van der Waals surface area contributed by atoms with Crippen molar-refractivity contribution < 1.29 is 14.3 Å². The second-order valence-corrected chi connectivity index (χ2v) is 11.9. The van der Waals surface area contributed by atoms with E-state index in [-0.39, 0.29) is 17.9 Å². The Bertz CT molecular complexity index is 1210. The van der Waals surface area contributed by atoms with Crippen LogP contribution in [0.15, 0.2) is 24.4 Å². The monoisotopic (exact) mass is 551 g/mol. The molecule has 1 unspecified atom stereocenters. The Morgan fingerprint density at radius 3 is 2.62 bits per heavy atom. The summed E-state index contributed by atoms with van der Waals surface area (Å²) in [6, 6.07) is 5.78. The van der Waals surface area contributed by atoms with E-state index < -0.39 is 5.41 Å². The minimum atomic E-state index is -0.547. The quantitative estimate of drug-likeness (QED) is 0.447. The van der Waals surface area contributed by atoms with E-state index in [9.17, 15) is 9.59 Å². The van der Waals surface area contributed by atoms with Crippen LogP contribution in [0.25, 0.3) is 0 Å². The number of aromatic nitrogens is 2. The van der Waals surface area contributed by atoms with Gasteiger partial charge in [-0.2, -0.15) is 4.98 Å². The summed E-state index contributed by atoms with van der Waals surface area (Å²) >= 11 is 0. The topological polar surface area (TPSA) is 103 Å². The molecule has 1 aromatic carbocycles. The first-order valence-corrected chi connectivity index (χ1v) is 14.4. The van der Waals surface area contributed by atoms with Crippen LogP contribution in [0.1, 0.15) is 69.7 Å². The number of ether oxygens (including phenoxy) is 1. The van der Waals surface area contributed by atoms with Gasteiger partial charge in [0.05, 0.1) is 24.4 Å². The van der Waals surface area contributed by atoms with Gasteiger partial charge in [-0.3, -0.25) is 9.59 Å². The molecule has 0 radical (unpaired) electrons. The molecule has 10 heteroatoms. The Labute approximate surface area is 238 Å². The number of hydrogen-bond acceptors (Lipinski definition) is 8. The molecular formula is C30H45N7O3. The van der Waals surface area contributed by atoms with Crippen molar-refractivity contribution in [1.29, 1.82) is 0 Å². The molecule has 10 nitrogen and oxygen atoms in total. The van der Waals surface area contributed by atoms with Crippen molar-refractivity contribution in [3.05, 3.63) is 30.0 Å². The number of anilines is 4. The smallest absolute Gasteiger partial charge is 0.251 e. The molecule has 1 fully saturated rings. The lowest BCUT2D eigenvalue weighted by Crippen LogP contribution is -2.45. The summed E-state index contributed by atoms with van der Waals surface area (Å²) in [6.45, 7) is 7.59. The van der Waals surface area contributed by atoms with Crippen LogP contribution < -0.4 is 25.2 Å². The van der Waals surface area contributed by atoms with Gasteiger partial charge < -0.3 is 30.1 Å². The van der Waals surface area contributed by atoms with Crippen molar-refractivity contribution in [2.24, 2.45) is 5.41 Å². The first kappa shape index (κ1) is 29.6. The lowest BCUT2D eigenvalue weighted by Gasteiger charge is -2.34. The van der Waals surface area contributed by atoms with E-state index in [1.165, 1.54) is 12.8 Å². The normalized spacial score (nSPS) is 17.9. The van der Waals surface area contributed by atoms with Gasteiger partial charge in [-0.1, -0.05) is 19.8 Å². The average molecular weight is 552 g/mol. The number of fused-ring (bicyclic) bond motifs is 1. The van der Waals surface area contributed by atoms with Crippen LogP contribution in [0, 0.1) is 5.41 Å². The Hall–Kier alpha value is -3.40. The predicted molar refractivity (Wildman–Crippen MR) is 160 cm³/mol. The second-order valence-electron chi connectivity index (χ2n) is 11.9. The number of methoxy groups -OCH3 is 1. The number of nitrogens with one attached hydrogen (secondary N) is 2. The first-order chi connectivity index (χ1) is 19.0. The summed E-state index contributed by atoms with van der Waals surface area (Å²) in [5.74, 6) is 1.63. The maximum atomic E-state index is 13.3. The number of hydrogen-bond donors (Lipinski definition) is 2. The molecule has 0 bridgehead atoms. The zero-order chi connectivity index (χ0) is 29.0. The van der Waals surface area contributed by atoms with Gasteiger partial charge in [-0.25, -0.2) is 4.98 Å². The molecule has 4 rings (SSSR count). The van der Waals surface area contributed by atoms with Crippen LogP contribution in [0.5, 0.6) is 5.75 Å². The van der Waals surface area contributed by atoms with Gasteiger partial charge >= 0.3 is 0 Å². The zero-order valence-corrected chi connectivity index (χ0v) is 25.1. The highest BCUT2D eigenvalue weighted by atomic mass is 16.5. The highest BCUT2D eigenvalue weighted by Gasteiger charge is 2.41. The largest absolute Gasteiger partial charge is 0.495 e. The maximum Gasteiger partial charge on any atom is 0.251 e. The molecule has 1 saturated carbocycles. The fraction of sp³-hybridized carbons (Fsp3) is 0.600. The molecule has 2 aromatic rings. The van der Waals surface area contributed by atoms with Gasteiger partial charge in [0.1, 0.15) is 11.4 Å². The number of carbonyl (C=O) groups excluding carboxylic acids is 2. The second kappa shape index (κ2) is 12.4. The lowest BCUT2D eigenvalue weighted by atomic mass is 9.91. The average Bonchev–Trinajstić information content (AvgIpc) is 3.46. The van der Waals surface area contributed by atoms with E-state index in [2.05, 4.69) is 32.3 Å². The summed E-state index contributed by atoms with van der Waals surface area (Å²) in [6.07, 6.45) is 8.01. The molecule has 1 aliphatic heterocycles. The predicted octanol–water partition coefficient (Wildman–Crippen LogP) is 4.44. The maximum absolute atomic E-state index is 13.3. The molecule has 1 atom stereocenters. The van der Waals surface area contributed by atoms with Crippen LogP contribution in [-0.2, 0) is 4.79 Å². The van der Waals surface area contributed by atoms with Crippen LogP contribution in [0.3, 0.4) is 0 Å². The van der Waals surface area contributed by atoms with Gasteiger partial charge in [-0.05, 0) is 78.4 Å². The van der Waals surface area contributed by atoms with E-state index in [4.69, 9.17) is 9.72 Å². The summed E-state index contributed by atoms with van der Waals surface area (Å²) in [5, 5.41) is 6.43. The van der Waals surface area contributed by atoms with Crippen molar-refractivity contribution in [1.82, 2.24) is 20.2 Å². The minimum absolute atomic E-state index is 0.0566. The van der Waals surface area contributed by atoms with Crippen LogP contribution in [0.4, 0.5) is 23.1 Å². The van der Waals surface area contributed by atoms with Crippen molar-refractivity contribution in [2.45, 2.75) is 71.4 Å². The standard InChI is InChI=1S/C30H45N7O3/c1-8-21(15-16-35(4)5)32-27(38)20-13-14-23(25(17-20)40-7)33-29-31-18-24-26(34-29)37(22-11-9-10-12-22)19-30(2,3)28(39)36(24)6/h13-14,17-18,21-22H,8-12,15-16,19H2,1-7H3,(H,32,38)(H,31,33,34). The Morgan fingerprint density at radius 2 is 1.98 bits per heavy atom. The molecular weight excluding hydrogens is 506 g/mol. The van der Waals surface area contributed by atoms with Crippen molar-refractivity contribution in [2.75, 3.05) is 56.5 Å². The van der Waals surface area contributed by atoms with Gasteiger partial charge in [0, 0.05) is 31.2 Å². The van der Waals surface area contributed by atoms with Crippen molar-refractivity contribution >= 4 is 35.0 Å². The molecule has 40 heavy (non-hydrogen) atoms. The zero-order valence-electron chi connectivity index (χ0n) is 25.1. The third-order valence-corrected chi connectivity index (χ3v) is 8.06. The number of benzene rings is 1. The number of rotatable bonds is 10. The van der Waals surface area contributed by atoms with Crippen LogP contribution >= 0.6 is 0 Å². The van der Waals surface area contributed by atoms with Crippen molar-refractivity contribution in [3.63, 3.8) is 0 Å². The Morgan fingerprint density at radius 1 is 1.25 bits per heavy atom. The molecule has 0 saturated heterocycles. The third-order valence-electron chi connectivity index (χ3n) is 8.06. The number of carbonyl (C=O) groups is 2. The SMILES string of the molecule is CCC(CCN(C)C)NC(=O)c1ccc(Nc2ncc3c(n2)N(C2CCCC2)CC(C)(C)C(=O)N3C)c(OC)c1. The summed E-state index contributed by atoms with van der Waals surface area (Å²) in [4.78, 5) is 41.9. The summed E-state index contributed by atoms with van der Waals surface area (Å²) in [5.41, 5.74) is 1.36. The molecule has 2 aliphatic rings. The molecule has 2 heterocycles. The van der Waals surface area contributed by atoms with Gasteiger partial charge in [-0.15, -0.1) is 0 Å². The van der Waals surface area contributed by atoms with Crippen molar-refractivity contribution in [3.8, 4) is 5.75 Å². The molecule has 218 valence electrons. The van der Waals surface area contributed by atoms with Crippen LogP contribution in [0.2, 0.25) is 0 Å². The van der Waals surface area contributed by atoms with E-state index in [1.54, 1.807) is 37.4 Å². The highest BCUT2D eigenvalue weighted by Crippen LogP contribution is 2.40. The fourth-order valence-electron chi connectivity index (χ4n) is 5.64. The van der Waals surface area contributed by atoms with Crippen LogP contribution in [-0.4, -0.2) is 80.1 Å². The van der Waals surface area contributed by atoms with Gasteiger partial charge in [0.2, 0.25) is 11.9 Å². The molecule has 2 N–H and O–H groups in total. The first-order valence-electron chi connectivity index (χ1n) is 14.4. The fourth-order valence-corrected chi connectivity index (χ4v) is 5.64. The van der Waals surface area contributed by atoms with Gasteiger partial charge in [0.15, 0.2) is 5.82 Å². The molecule has 1 aliphatic carbocycles. The Balaban J connectivity index is 1.58. The molecule has 1 aromatic heterocycles. The summed E-state index contributed by atoms with van der Waals surface area (Å²) in [7, 11) is 7.44. The number of amides is 2. The van der Waals surface area contributed by atoms with E-state index in [0.717, 1.165) is 38.0 Å². The highest BCUT2D eigenvalue weighted by molar-refractivity contribution is 6.01. The van der Waals surface area contributed by atoms with E-state index >= 15 is 0 Å². The number of nitrogens with zero attached hydrogens (tertiary/aromatic N) is 5. The minimum Gasteiger partial charge on any atom is -0.495 e. The Kier molecular flexibility index (Phi) is 9.18. The molecule has 2 amide bonds. The summed E-state index contributed by atoms with van der Waals surface area (Å²) < 4.78 is 5.64. The molecule has 0 spiro atoms. The van der Waals surface area contributed by atoms with E-state index in [0.29, 0.717) is 41.2 Å². The lowest BCUT2D eigenvalue weighted by molar-refractivity contribution is -0.125. The van der Waals surface area contributed by atoms with E-state index in [1.807, 2.05) is 34.0 Å².